The number of carboxylic acids is 1. The number of hydrogen-bond donors (Lipinski definition) is 4. The third-order valence-corrected chi connectivity index (χ3v) is 5.59. The van der Waals surface area contributed by atoms with E-state index in [-0.39, 0.29) is 30.1 Å². The number of benzene rings is 2. The Kier molecular flexibility index (Phi) is 7.81. The minimum Gasteiger partial charge on any atom is -0.508 e. The van der Waals surface area contributed by atoms with Crippen LogP contribution in [0.4, 0.5) is 5.69 Å². The number of carboxylic acid groups (broad SMARTS) is 1. The normalized spacial score (nSPS) is 14.1. The maximum absolute atomic E-state index is 11.6. The highest BCUT2D eigenvalue weighted by Gasteiger charge is 2.26. The van der Waals surface area contributed by atoms with Crippen LogP contribution in [0.5, 0.6) is 17.2 Å². The Balaban J connectivity index is 1.55. The van der Waals surface area contributed by atoms with Gasteiger partial charge in [-0.1, -0.05) is 26.0 Å². The van der Waals surface area contributed by atoms with Crippen LogP contribution in [-0.4, -0.2) is 40.4 Å². The molecule has 1 unspecified atom stereocenters. The molecule has 0 bridgehead atoms. The lowest BCUT2D eigenvalue weighted by atomic mass is 9.80. The van der Waals surface area contributed by atoms with Crippen LogP contribution >= 0.6 is 0 Å². The number of amides is 1. The van der Waals surface area contributed by atoms with Gasteiger partial charge in [-0.05, 0) is 54.9 Å². The van der Waals surface area contributed by atoms with Gasteiger partial charge in [0, 0.05) is 18.1 Å². The van der Waals surface area contributed by atoms with Gasteiger partial charge < -0.3 is 30.1 Å². The second-order valence-corrected chi connectivity index (χ2v) is 9.13. The summed E-state index contributed by atoms with van der Waals surface area (Å²) in [7, 11) is 0. The van der Waals surface area contributed by atoms with E-state index in [4.69, 9.17) is 14.6 Å². The molecule has 1 atom stereocenters. The first-order valence-corrected chi connectivity index (χ1v) is 11.0. The number of carbonyl (C=O) groups is 2. The van der Waals surface area contributed by atoms with Crippen LogP contribution in [0.15, 0.2) is 36.4 Å². The third kappa shape index (κ3) is 7.12. The molecule has 0 fully saturated rings. The minimum atomic E-state index is -0.846. The summed E-state index contributed by atoms with van der Waals surface area (Å²) in [5.74, 6) is -0.0659. The van der Waals surface area contributed by atoms with Crippen LogP contribution in [-0.2, 0) is 16.0 Å². The predicted molar refractivity (Wildman–Crippen MR) is 123 cm³/mol. The second kappa shape index (κ2) is 10.6. The molecule has 4 N–H and O–H groups in total. The first kappa shape index (κ1) is 24.4. The number of aromatic hydroxyl groups is 1. The maximum Gasteiger partial charge on any atom is 0.303 e. The van der Waals surface area contributed by atoms with Gasteiger partial charge in [0.2, 0.25) is 0 Å². The number of carbonyl (C=O) groups excluding carboxylic acids is 1. The molecule has 8 nitrogen and oxygen atoms in total. The Morgan fingerprint density at radius 1 is 1.24 bits per heavy atom. The van der Waals surface area contributed by atoms with Gasteiger partial charge in [0.25, 0.3) is 5.91 Å². The fourth-order valence-corrected chi connectivity index (χ4v) is 3.90. The van der Waals surface area contributed by atoms with Gasteiger partial charge in [-0.3, -0.25) is 9.59 Å². The molecule has 33 heavy (non-hydrogen) atoms. The molecule has 2 aromatic carbocycles. The number of phenols is 1. The number of hydrogen-bond acceptors (Lipinski definition) is 6. The minimum absolute atomic E-state index is 0.0434. The molecule has 1 aliphatic rings. The molecule has 0 saturated carbocycles. The number of fused-ring (bicyclic) bond motifs is 1. The zero-order valence-corrected chi connectivity index (χ0v) is 19.0. The molecule has 2 aromatic rings. The van der Waals surface area contributed by atoms with Crippen molar-refractivity contribution in [1.29, 1.82) is 0 Å². The van der Waals surface area contributed by atoms with Crippen LogP contribution in [0.2, 0.25) is 0 Å². The van der Waals surface area contributed by atoms with E-state index in [1.165, 1.54) is 12.1 Å². The van der Waals surface area contributed by atoms with Gasteiger partial charge in [0.1, 0.15) is 17.2 Å². The SMILES string of the molecule is CC(C)(CCC(O)c1cc(O)cc2c1OCC(=O)N2)Cc1ccc(OCCCC(=O)O)cc1. The number of aliphatic hydroxyl groups is 1. The third-order valence-electron chi connectivity index (χ3n) is 5.59. The van der Waals surface area contributed by atoms with Gasteiger partial charge in [-0.25, -0.2) is 0 Å². The molecular formula is C25H31NO7. The fourth-order valence-electron chi connectivity index (χ4n) is 3.90. The number of phenolic OH excluding ortho intramolecular Hbond substituents is 1. The van der Waals surface area contributed by atoms with Gasteiger partial charge in [-0.2, -0.15) is 0 Å². The van der Waals surface area contributed by atoms with Crippen molar-refractivity contribution in [3.05, 3.63) is 47.5 Å². The zero-order valence-electron chi connectivity index (χ0n) is 19.0. The maximum atomic E-state index is 11.6. The van der Waals surface area contributed by atoms with Crippen molar-refractivity contribution in [1.82, 2.24) is 0 Å². The number of nitrogens with one attached hydrogen (secondary N) is 1. The monoisotopic (exact) mass is 457 g/mol. The zero-order chi connectivity index (χ0) is 24.0. The summed E-state index contributed by atoms with van der Waals surface area (Å²) in [4.78, 5) is 22.1. The van der Waals surface area contributed by atoms with E-state index < -0.39 is 12.1 Å². The highest BCUT2D eigenvalue weighted by Crippen LogP contribution is 2.41. The molecule has 178 valence electrons. The second-order valence-electron chi connectivity index (χ2n) is 9.13. The Labute approximate surface area is 193 Å². The lowest BCUT2D eigenvalue weighted by Crippen LogP contribution is -2.26. The average Bonchev–Trinajstić information content (AvgIpc) is 2.75. The molecule has 3 rings (SSSR count). The summed E-state index contributed by atoms with van der Waals surface area (Å²) in [5, 5.41) is 32.1. The molecule has 8 heteroatoms. The van der Waals surface area contributed by atoms with Gasteiger partial charge in [-0.15, -0.1) is 0 Å². The van der Waals surface area contributed by atoms with Crippen LogP contribution in [0.25, 0.3) is 0 Å². The Hall–Kier alpha value is -3.26. The molecule has 0 saturated heterocycles. The number of anilines is 1. The summed E-state index contributed by atoms with van der Waals surface area (Å²) in [6.07, 6.45) is 1.69. The average molecular weight is 458 g/mol. The van der Waals surface area contributed by atoms with E-state index in [0.29, 0.717) is 42.2 Å². The van der Waals surface area contributed by atoms with E-state index in [1.54, 1.807) is 0 Å². The van der Waals surface area contributed by atoms with Gasteiger partial charge in [0.15, 0.2) is 6.61 Å². The van der Waals surface area contributed by atoms with E-state index >= 15 is 0 Å². The molecule has 0 aromatic heterocycles. The van der Waals surface area contributed by atoms with E-state index in [2.05, 4.69) is 19.2 Å². The van der Waals surface area contributed by atoms with Crippen molar-refractivity contribution in [2.24, 2.45) is 5.41 Å². The summed E-state index contributed by atoms with van der Waals surface area (Å²) in [6.45, 7) is 4.50. The Morgan fingerprint density at radius 2 is 1.97 bits per heavy atom. The van der Waals surface area contributed by atoms with Crippen LogP contribution in [0.1, 0.15) is 56.8 Å². The van der Waals surface area contributed by atoms with Crippen molar-refractivity contribution in [3.8, 4) is 17.2 Å². The quantitative estimate of drug-likeness (QED) is 0.375. The first-order valence-electron chi connectivity index (χ1n) is 11.0. The van der Waals surface area contributed by atoms with Crippen LogP contribution in [0, 0.1) is 5.41 Å². The van der Waals surface area contributed by atoms with Crippen molar-refractivity contribution in [2.45, 2.75) is 52.1 Å². The Morgan fingerprint density at radius 3 is 2.67 bits per heavy atom. The van der Waals surface area contributed by atoms with Gasteiger partial charge in [0.05, 0.1) is 18.4 Å². The van der Waals surface area contributed by atoms with Crippen LogP contribution < -0.4 is 14.8 Å². The first-order chi connectivity index (χ1) is 15.6. The largest absolute Gasteiger partial charge is 0.508 e. The van der Waals surface area contributed by atoms with E-state index in [1.807, 2.05) is 24.3 Å². The summed E-state index contributed by atoms with van der Waals surface area (Å²) < 4.78 is 11.1. The molecule has 1 heterocycles. The van der Waals surface area contributed by atoms with Crippen LogP contribution in [0.3, 0.4) is 0 Å². The highest BCUT2D eigenvalue weighted by molar-refractivity contribution is 5.96. The number of rotatable bonds is 11. The highest BCUT2D eigenvalue weighted by atomic mass is 16.5. The lowest BCUT2D eigenvalue weighted by molar-refractivity contribution is -0.137. The molecule has 0 spiro atoms. The lowest BCUT2D eigenvalue weighted by Gasteiger charge is -2.28. The standard InChI is InChI=1S/C25H31NO7/c1-25(2,14-16-5-7-18(8-6-16)32-11-3-4-23(30)31)10-9-21(28)19-12-17(27)13-20-24(19)33-15-22(29)26-20/h5-8,12-13,21,27-28H,3-4,9-11,14-15H2,1-2H3,(H,26,29)(H,30,31). The molecule has 0 aliphatic carbocycles. The Bertz CT molecular complexity index is 985. The summed E-state index contributed by atoms with van der Waals surface area (Å²) >= 11 is 0. The number of aliphatic carboxylic acids is 1. The smallest absolute Gasteiger partial charge is 0.303 e. The van der Waals surface area contributed by atoms with Crippen molar-refractivity contribution in [3.63, 3.8) is 0 Å². The van der Waals surface area contributed by atoms with Crippen molar-refractivity contribution >= 4 is 17.6 Å². The van der Waals surface area contributed by atoms with E-state index in [0.717, 1.165) is 18.4 Å². The van der Waals surface area contributed by atoms with Crippen molar-refractivity contribution < 1.29 is 34.4 Å². The number of aliphatic hydroxyl groups excluding tert-OH is 1. The summed E-state index contributed by atoms with van der Waals surface area (Å²) in [5.41, 5.74) is 1.86. The molecular weight excluding hydrogens is 426 g/mol. The summed E-state index contributed by atoms with van der Waals surface area (Å²) in [6, 6.07) is 10.6. The van der Waals surface area contributed by atoms with Gasteiger partial charge >= 0.3 is 5.97 Å². The molecule has 1 aliphatic heterocycles. The predicted octanol–water partition coefficient (Wildman–Crippen LogP) is 4.05. The topological polar surface area (TPSA) is 125 Å². The molecule has 0 radical (unpaired) electrons. The number of ether oxygens (including phenoxy) is 2. The van der Waals surface area contributed by atoms with Crippen molar-refractivity contribution in [2.75, 3.05) is 18.5 Å². The molecule has 1 amide bonds. The van der Waals surface area contributed by atoms with E-state index in [9.17, 15) is 19.8 Å². The fraction of sp³-hybridized carbons (Fsp3) is 0.440.